The van der Waals surface area contributed by atoms with Crippen molar-refractivity contribution in [3.8, 4) is 0 Å². The fraction of sp³-hybridized carbons (Fsp3) is 0.632. The second-order valence-electron chi connectivity index (χ2n) is 8.07. The van der Waals surface area contributed by atoms with E-state index < -0.39 is 0 Å². The predicted octanol–water partition coefficient (Wildman–Crippen LogP) is -0.371. The highest BCUT2D eigenvalue weighted by Gasteiger charge is 2.37. The Bertz CT molecular complexity index is 682. The normalized spacial score (nSPS) is 22.8. The van der Waals surface area contributed by atoms with Gasteiger partial charge in [-0.25, -0.2) is 4.68 Å². The third-order valence-electron chi connectivity index (χ3n) is 5.76. The molecule has 0 radical (unpaired) electrons. The number of hydrogen-bond donors (Lipinski definition) is 2. The minimum atomic E-state index is -0.0843. The lowest BCUT2D eigenvalue weighted by molar-refractivity contribution is -1.02. The van der Waals surface area contributed by atoms with Crippen molar-refractivity contribution in [1.82, 2.24) is 20.2 Å². The van der Waals surface area contributed by atoms with Crippen molar-refractivity contribution in [3.05, 3.63) is 41.2 Å². The Morgan fingerprint density at radius 1 is 1.12 bits per heavy atom. The van der Waals surface area contributed by atoms with Crippen LogP contribution in [0.5, 0.6) is 0 Å². The van der Waals surface area contributed by atoms with Crippen molar-refractivity contribution in [2.45, 2.75) is 45.7 Å². The molecule has 0 bridgehead atoms. The van der Waals surface area contributed by atoms with Gasteiger partial charge >= 0.3 is 0 Å². The zero-order valence-corrected chi connectivity index (χ0v) is 16.2. The van der Waals surface area contributed by atoms with Crippen LogP contribution in [0.25, 0.3) is 0 Å². The number of likely N-dealkylation sites (N-methyl/N-ethyl adjacent to an activating group) is 1. The van der Waals surface area contributed by atoms with Crippen molar-refractivity contribution in [2.75, 3.05) is 33.2 Å². The summed E-state index contributed by atoms with van der Waals surface area (Å²) in [6, 6.07) is 9.07. The smallest absolute Gasteiger partial charge is 0.214 e. The summed E-state index contributed by atoms with van der Waals surface area (Å²) in [7, 11) is 2.28. The first-order valence-electron chi connectivity index (χ1n) is 9.43. The van der Waals surface area contributed by atoms with Crippen LogP contribution in [0.15, 0.2) is 24.3 Å². The summed E-state index contributed by atoms with van der Waals surface area (Å²) in [4.78, 5) is 3.18. The van der Waals surface area contributed by atoms with E-state index in [2.05, 4.69) is 79.2 Å². The maximum absolute atomic E-state index is 4.50. The van der Waals surface area contributed by atoms with Crippen molar-refractivity contribution in [1.29, 1.82) is 0 Å². The molecule has 2 heterocycles. The molecule has 6 heteroatoms. The van der Waals surface area contributed by atoms with E-state index in [1.54, 1.807) is 9.80 Å². The molecule has 1 aliphatic heterocycles. The lowest BCUT2D eigenvalue weighted by atomic mass is 9.98. The van der Waals surface area contributed by atoms with Gasteiger partial charge in [0.25, 0.3) is 0 Å². The Morgan fingerprint density at radius 2 is 1.76 bits per heavy atom. The van der Waals surface area contributed by atoms with Crippen LogP contribution in [0.3, 0.4) is 0 Å². The molecule has 6 nitrogen and oxygen atoms in total. The minimum absolute atomic E-state index is 0.0843. The molecule has 1 aromatic carbocycles. The summed E-state index contributed by atoms with van der Waals surface area (Å²) in [6.45, 7) is 13.4. The number of piperazine rings is 1. The van der Waals surface area contributed by atoms with Crippen molar-refractivity contribution >= 4 is 0 Å². The summed E-state index contributed by atoms with van der Waals surface area (Å²) >= 11 is 0. The Hall–Kier alpha value is -1.79. The van der Waals surface area contributed by atoms with Gasteiger partial charge in [0.15, 0.2) is 6.04 Å². The van der Waals surface area contributed by atoms with Gasteiger partial charge in [-0.2, -0.15) is 0 Å². The fourth-order valence-electron chi connectivity index (χ4n) is 3.57. The number of nitrogens with one attached hydrogen (secondary N) is 2. The molecule has 1 aromatic heterocycles. The van der Waals surface area contributed by atoms with E-state index in [-0.39, 0.29) is 11.6 Å². The lowest BCUT2D eigenvalue weighted by Gasteiger charge is -2.34. The average molecular weight is 345 g/mol. The van der Waals surface area contributed by atoms with Gasteiger partial charge in [0.1, 0.15) is 26.2 Å². The maximum Gasteiger partial charge on any atom is 0.214 e. The van der Waals surface area contributed by atoms with E-state index >= 15 is 0 Å². The second kappa shape index (κ2) is 7.22. The van der Waals surface area contributed by atoms with Crippen LogP contribution < -0.4 is 9.80 Å². The highest BCUT2D eigenvalue weighted by Crippen LogP contribution is 2.24. The number of nitrogens with zero attached hydrogens (tertiary/aromatic N) is 4. The van der Waals surface area contributed by atoms with Crippen LogP contribution in [-0.4, -0.2) is 53.4 Å². The standard InChI is InChI=1S/C19H30N6/c1-6-19(3,4)25-18(20-21-22-25)17(16-9-7-15(2)8-10-16)24-13-11-23(5)12-14-24/h7-10,17H,6,11-14H2,1-5H3/p+2/t17-/m1/s1. The Morgan fingerprint density at radius 3 is 2.36 bits per heavy atom. The molecule has 1 atom stereocenters. The Kier molecular flexibility index (Phi) is 5.20. The van der Waals surface area contributed by atoms with Crippen LogP contribution in [0, 0.1) is 6.92 Å². The number of hydrogen-bond acceptors (Lipinski definition) is 3. The monoisotopic (exact) mass is 344 g/mol. The van der Waals surface area contributed by atoms with Gasteiger partial charge in [0, 0.05) is 5.56 Å². The Labute approximate surface area is 150 Å². The maximum atomic E-state index is 4.50. The minimum Gasteiger partial charge on any atom is -0.328 e. The molecule has 136 valence electrons. The van der Waals surface area contributed by atoms with Crippen molar-refractivity contribution < 1.29 is 9.80 Å². The molecule has 0 spiro atoms. The van der Waals surface area contributed by atoms with E-state index in [0.717, 1.165) is 25.3 Å². The van der Waals surface area contributed by atoms with Gasteiger partial charge in [-0.15, -0.1) is 5.10 Å². The molecule has 3 rings (SSSR count). The number of quaternary nitrogens is 2. The van der Waals surface area contributed by atoms with E-state index in [1.165, 1.54) is 24.2 Å². The number of benzene rings is 1. The molecule has 25 heavy (non-hydrogen) atoms. The number of rotatable bonds is 5. The van der Waals surface area contributed by atoms with Gasteiger partial charge in [0.2, 0.25) is 5.82 Å². The van der Waals surface area contributed by atoms with Gasteiger partial charge in [-0.05, 0) is 37.6 Å². The van der Waals surface area contributed by atoms with Crippen LogP contribution in [0.2, 0.25) is 0 Å². The molecule has 1 fully saturated rings. The van der Waals surface area contributed by atoms with E-state index in [0.29, 0.717) is 0 Å². The summed E-state index contributed by atoms with van der Waals surface area (Å²) in [5.74, 6) is 0.991. The predicted molar refractivity (Wildman–Crippen MR) is 97.8 cm³/mol. The lowest BCUT2D eigenvalue weighted by Crippen LogP contribution is -3.27. The largest absolute Gasteiger partial charge is 0.328 e. The van der Waals surface area contributed by atoms with Crippen LogP contribution in [0.4, 0.5) is 0 Å². The molecule has 0 amide bonds. The van der Waals surface area contributed by atoms with Crippen molar-refractivity contribution in [2.24, 2.45) is 0 Å². The molecule has 2 aromatic rings. The zero-order chi connectivity index (χ0) is 18.0. The average Bonchev–Trinajstić information content (AvgIpc) is 3.09. The number of aryl methyl sites for hydroxylation is 1. The molecule has 0 aliphatic carbocycles. The topological polar surface area (TPSA) is 52.5 Å². The summed E-state index contributed by atoms with van der Waals surface area (Å²) in [5.41, 5.74) is 2.51. The van der Waals surface area contributed by atoms with E-state index in [4.69, 9.17) is 0 Å². The summed E-state index contributed by atoms with van der Waals surface area (Å²) in [5, 5.41) is 12.9. The van der Waals surface area contributed by atoms with E-state index in [1.807, 2.05) is 0 Å². The van der Waals surface area contributed by atoms with Crippen LogP contribution >= 0.6 is 0 Å². The quantitative estimate of drug-likeness (QED) is 0.778. The first-order valence-corrected chi connectivity index (χ1v) is 9.43. The molecular weight excluding hydrogens is 312 g/mol. The number of aromatic nitrogens is 4. The van der Waals surface area contributed by atoms with Gasteiger partial charge in [-0.1, -0.05) is 36.8 Å². The van der Waals surface area contributed by atoms with E-state index in [9.17, 15) is 0 Å². The third kappa shape index (κ3) is 3.75. The second-order valence-corrected chi connectivity index (χ2v) is 8.07. The van der Waals surface area contributed by atoms with Crippen LogP contribution in [-0.2, 0) is 5.54 Å². The third-order valence-corrected chi connectivity index (χ3v) is 5.76. The molecule has 1 saturated heterocycles. The highest BCUT2D eigenvalue weighted by molar-refractivity contribution is 5.26. The summed E-state index contributed by atoms with van der Waals surface area (Å²) < 4.78 is 2.05. The van der Waals surface area contributed by atoms with Gasteiger partial charge in [-0.3, -0.25) is 0 Å². The fourth-order valence-corrected chi connectivity index (χ4v) is 3.57. The van der Waals surface area contributed by atoms with Crippen molar-refractivity contribution in [3.63, 3.8) is 0 Å². The first-order chi connectivity index (χ1) is 11.9. The summed E-state index contributed by atoms with van der Waals surface area (Å²) in [6.07, 6.45) is 0.994. The highest BCUT2D eigenvalue weighted by atomic mass is 15.6. The van der Waals surface area contributed by atoms with Gasteiger partial charge < -0.3 is 9.80 Å². The first kappa shape index (κ1) is 18.0. The molecule has 0 saturated carbocycles. The van der Waals surface area contributed by atoms with Gasteiger partial charge in [0.05, 0.1) is 12.6 Å². The molecular formula is C19H32N6+2. The SMILES string of the molecule is CCC(C)(C)n1nnnc1[C@@H](c1ccc(C)cc1)[NH+]1CC[NH+](C)CC1. The van der Waals surface area contributed by atoms with Crippen LogP contribution in [0.1, 0.15) is 50.2 Å². The molecule has 0 unspecified atom stereocenters. The molecule has 1 aliphatic rings. The number of tetrazole rings is 1. The zero-order valence-electron chi connectivity index (χ0n) is 16.2. The Balaban J connectivity index is 2.03. The molecule has 2 N–H and O–H groups in total.